The zero-order chi connectivity index (χ0) is 16.8. The largest absolute Gasteiger partial charge is 0.487 e. The maximum atomic E-state index is 12.7. The minimum atomic E-state index is 0.0950. The molecule has 1 amide bonds. The second-order valence-corrected chi connectivity index (χ2v) is 6.02. The second-order valence-electron chi connectivity index (χ2n) is 6.02. The molecule has 2 aromatic rings. The first-order valence-corrected chi connectivity index (χ1v) is 8.37. The third kappa shape index (κ3) is 4.32. The summed E-state index contributed by atoms with van der Waals surface area (Å²) < 4.78 is 5.75. The number of pyridine rings is 1. The number of hydrogen-bond donors (Lipinski definition) is 1. The molecule has 0 saturated carbocycles. The average molecular weight is 325 g/mol. The van der Waals surface area contributed by atoms with Gasteiger partial charge in [0.15, 0.2) is 0 Å². The standard InChI is InChI=1S/C19H23N3O2/c1-15-6-7-18(13-21-15)24-14-16-4-2-5-17(12-16)19(23)22-10-3-8-20-9-11-22/h2,4-7,12-13,20H,3,8-11,14H2,1H3. The van der Waals surface area contributed by atoms with E-state index >= 15 is 0 Å². The molecule has 0 spiro atoms. The SMILES string of the molecule is Cc1ccc(OCc2cccc(C(=O)N3CCCNCC3)c2)cn1. The van der Waals surface area contributed by atoms with Crippen LogP contribution in [0.15, 0.2) is 42.6 Å². The number of benzene rings is 1. The fourth-order valence-electron chi connectivity index (χ4n) is 2.73. The number of aryl methyl sites for hydroxylation is 1. The van der Waals surface area contributed by atoms with Crippen LogP contribution in [0, 0.1) is 6.92 Å². The number of nitrogens with one attached hydrogen (secondary N) is 1. The summed E-state index contributed by atoms with van der Waals surface area (Å²) in [4.78, 5) is 18.8. The Morgan fingerprint density at radius 3 is 3.00 bits per heavy atom. The highest BCUT2D eigenvalue weighted by Gasteiger charge is 2.17. The summed E-state index contributed by atoms with van der Waals surface area (Å²) in [5, 5.41) is 3.32. The first-order valence-electron chi connectivity index (χ1n) is 8.37. The Balaban J connectivity index is 1.64. The molecule has 1 aromatic heterocycles. The molecule has 1 fully saturated rings. The van der Waals surface area contributed by atoms with E-state index in [-0.39, 0.29) is 5.91 Å². The zero-order valence-corrected chi connectivity index (χ0v) is 14.0. The van der Waals surface area contributed by atoms with E-state index in [9.17, 15) is 4.79 Å². The molecule has 24 heavy (non-hydrogen) atoms. The quantitative estimate of drug-likeness (QED) is 0.938. The highest BCUT2D eigenvalue weighted by Crippen LogP contribution is 2.14. The van der Waals surface area contributed by atoms with Gasteiger partial charge >= 0.3 is 0 Å². The van der Waals surface area contributed by atoms with E-state index in [1.54, 1.807) is 6.20 Å². The smallest absolute Gasteiger partial charge is 0.253 e. The van der Waals surface area contributed by atoms with Gasteiger partial charge in [0.1, 0.15) is 12.4 Å². The monoisotopic (exact) mass is 325 g/mol. The van der Waals surface area contributed by atoms with Gasteiger partial charge in [-0.2, -0.15) is 0 Å². The van der Waals surface area contributed by atoms with E-state index in [1.165, 1.54) is 0 Å². The van der Waals surface area contributed by atoms with Gasteiger partial charge in [0.05, 0.1) is 6.20 Å². The van der Waals surface area contributed by atoms with Crippen molar-refractivity contribution in [3.63, 3.8) is 0 Å². The summed E-state index contributed by atoms with van der Waals surface area (Å²) in [6.45, 7) is 5.76. The van der Waals surface area contributed by atoms with Crippen molar-refractivity contribution in [2.45, 2.75) is 20.0 Å². The number of ether oxygens (including phenoxy) is 1. The van der Waals surface area contributed by atoms with Gasteiger partial charge in [-0.05, 0) is 49.7 Å². The van der Waals surface area contributed by atoms with Crippen LogP contribution in [-0.4, -0.2) is 42.0 Å². The predicted molar refractivity (Wildman–Crippen MR) is 93.1 cm³/mol. The summed E-state index contributed by atoms with van der Waals surface area (Å²) in [6, 6.07) is 11.5. The molecule has 1 aromatic carbocycles. The lowest BCUT2D eigenvalue weighted by Crippen LogP contribution is -2.34. The van der Waals surface area contributed by atoms with Gasteiger partial charge in [-0.25, -0.2) is 0 Å². The number of amides is 1. The Hall–Kier alpha value is -2.40. The maximum Gasteiger partial charge on any atom is 0.253 e. The average Bonchev–Trinajstić information content (AvgIpc) is 2.90. The molecule has 1 aliphatic rings. The van der Waals surface area contributed by atoms with Gasteiger partial charge < -0.3 is 15.0 Å². The van der Waals surface area contributed by atoms with E-state index in [0.717, 1.165) is 55.2 Å². The van der Waals surface area contributed by atoms with E-state index in [1.807, 2.05) is 48.2 Å². The summed E-state index contributed by atoms with van der Waals surface area (Å²) in [5.74, 6) is 0.827. The molecule has 0 atom stereocenters. The van der Waals surface area contributed by atoms with E-state index < -0.39 is 0 Å². The molecule has 126 valence electrons. The Morgan fingerprint density at radius 2 is 2.17 bits per heavy atom. The highest BCUT2D eigenvalue weighted by atomic mass is 16.5. The van der Waals surface area contributed by atoms with E-state index in [0.29, 0.717) is 6.61 Å². The summed E-state index contributed by atoms with van der Waals surface area (Å²) >= 11 is 0. The Kier molecular flexibility index (Phi) is 5.43. The summed E-state index contributed by atoms with van der Waals surface area (Å²) in [7, 11) is 0. The number of nitrogens with zero attached hydrogens (tertiary/aromatic N) is 2. The normalized spacial score (nSPS) is 15.0. The number of rotatable bonds is 4. The molecule has 0 bridgehead atoms. The summed E-state index contributed by atoms with van der Waals surface area (Å²) in [6.07, 6.45) is 2.71. The van der Waals surface area contributed by atoms with E-state index in [2.05, 4.69) is 10.3 Å². The minimum absolute atomic E-state index is 0.0950. The zero-order valence-electron chi connectivity index (χ0n) is 14.0. The Bertz CT molecular complexity index is 677. The van der Waals surface area contributed by atoms with Crippen molar-refractivity contribution in [2.24, 2.45) is 0 Å². The lowest BCUT2D eigenvalue weighted by atomic mass is 10.1. The fourth-order valence-corrected chi connectivity index (χ4v) is 2.73. The minimum Gasteiger partial charge on any atom is -0.487 e. The third-order valence-corrected chi connectivity index (χ3v) is 4.09. The molecule has 1 aliphatic heterocycles. The molecule has 5 nitrogen and oxygen atoms in total. The molecule has 5 heteroatoms. The molecule has 0 aliphatic carbocycles. The molecule has 0 radical (unpaired) electrons. The molecule has 2 heterocycles. The van der Waals surface area contributed by atoms with Crippen LogP contribution < -0.4 is 10.1 Å². The molecule has 0 unspecified atom stereocenters. The van der Waals surface area contributed by atoms with Crippen molar-refractivity contribution in [1.29, 1.82) is 0 Å². The van der Waals surface area contributed by atoms with Crippen LogP contribution in [0.2, 0.25) is 0 Å². The van der Waals surface area contributed by atoms with Crippen molar-refractivity contribution < 1.29 is 9.53 Å². The van der Waals surface area contributed by atoms with Gasteiger partial charge in [0, 0.05) is 30.9 Å². The number of carbonyl (C=O) groups excluding carboxylic acids is 1. The number of hydrogen-bond acceptors (Lipinski definition) is 4. The first-order chi connectivity index (χ1) is 11.7. The van der Waals surface area contributed by atoms with Crippen molar-refractivity contribution in [3.8, 4) is 5.75 Å². The van der Waals surface area contributed by atoms with Gasteiger partial charge in [-0.1, -0.05) is 12.1 Å². The first kappa shape index (κ1) is 16.5. The van der Waals surface area contributed by atoms with Gasteiger partial charge in [-0.15, -0.1) is 0 Å². The second kappa shape index (κ2) is 7.93. The predicted octanol–water partition coefficient (Wildman–Crippen LogP) is 2.40. The fraction of sp³-hybridized carbons (Fsp3) is 0.368. The van der Waals surface area contributed by atoms with Crippen LogP contribution in [-0.2, 0) is 6.61 Å². The van der Waals surface area contributed by atoms with Gasteiger partial charge in [-0.3, -0.25) is 9.78 Å². The number of aromatic nitrogens is 1. The van der Waals surface area contributed by atoms with Crippen LogP contribution in [0.1, 0.15) is 28.0 Å². The number of carbonyl (C=O) groups is 1. The van der Waals surface area contributed by atoms with Crippen molar-refractivity contribution in [3.05, 3.63) is 59.4 Å². The highest BCUT2D eigenvalue weighted by molar-refractivity contribution is 5.94. The van der Waals surface area contributed by atoms with Crippen molar-refractivity contribution in [2.75, 3.05) is 26.2 Å². The van der Waals surface area contributed by atoms with Gasteiger partial charge in [0.2, 0.25) is 0 Å². The van der Waals surface area contributed by atoms with Crippen molar-refractivity contribution in [1.82, 2.24) is 15.2 Å². The molecule has 1 saturated heterocycles. The Morgan fingerprint density at radius 1 is 1.25 bits per heavy atom. The lowest BCUT2D eigenvalue weighted by molar-refractivity contribution is 0.0766. The molecule has 3 rings (SSSR count). The Labute approximate surface area is 142 Å². The van der Waals surface area contributed by atoms with Crippen LogP contribution in [0.5, 0.6) is 5.75 Å². The van der Waals surface area contributed by atoms with Crippen LogP contribution in [0.3, 0.4) is 0 Å². The topological polar surface area (TPSA) is 54.5 Å². The van der Waals surface area contributed by atoms with Gasteiger partial charge in [0.25, 0.3) is 5.91 Å². The molecule has 1 N–H and O–H groups in total. The van der Waals surface area contributed by atoms with Crippen molar-refractivity contribution >= 4 is 5.91 Å². The van der Waals surface area contributed by atoms with Crippen LogP contribution in [0.25, 0.3) is 0 Å². The van der Waals surface area contributed by atoms with Crippen LogP contribution >= 0.6 is 0 Å². The third-order valence-electron chi connectivity index (χ3n) is 4.09. The lowest BCUT2D eigenvalue weighted by Gasteiger charge is -2.20. The summed E-state index contributed by atoms with van der Waals surface area (Å²) in [5.41, 5.74) is 2.66. The molecular weight excluding hydrogens is 302 g/mol. The van der Waals surface area contributed by atoms with E-state index in [4.69, 9.17) is 4.74 Å². The van der Waals surface area contributed by atoms with Crippen LogP contribution in [0.4, 0.5) is 0 Å². The maximum absolute atomic E-state index is 12.7. The molecular formula is C19H23N3O2.